The number of hydrogen-bond acceptors (Lipinski definition) is 2. The molecule has 2 rings (SSSR count). The Balaban J connectivity index is 2.25. The van der Waals surface area contributed by atoms with Crippen LogP contribution in [0, 0.1) is 5.82 Å². The van der Waals surface area contributed by atoms with Crippen molar-refractivity contribution in [3.05, 3.63) is 46.0 Å². The molecule has 1 aromatic heterocycles. The summed E-state index contributed by atoms with van der Waals surface area (Å²) in [6.07, 6.45) is 3.33. The van der Waals surface area contributed by atoms with E-state index in [-0.39, 0.29) is 10.8 Å². The van der Waals surface area contributed by atoms with E-state index in [4.69, 9.17) is 11.6 Å². The molecule has 21 heavy (non-hydrogen) atoms. The van der Waals surface area contributed by atoms with Gasteiger partial charge in [-0.05, 0) is 37.6 Å². The summed E-state index contributed by atoms with van der Waals surface area (Å²) in [5.41, 5.74) is 0.587. The number of halogens is 2. The van der Waals surface area contributed by atoms with Crippen molar-refractivity contribution < 1.29 is 4.39 Å². The second-order valence-corrected chi connectivity index (χ2v) is 6.62. The summed E-state index contributed by atoms with van der Waals surface area (Å²) < 4.78 is 14.1. The van der Waals surface area contributed by atoms with Crippen LogP contribution in [0.15, 0.2) is 30.3 Å². The zero-order chi connectivity index (χ0) is 15.2. The van der Waals surface area contributed by atoms with Gasteiger partial charge in [0.25, 0.3) is 0 Å². The lowest BCUT2D eigenvalue weighted by atomic mass is 10.1. The Hall–Kier alpha value is -0.900. The summed E-state index contributed by atoms with van der Waals surface area (Å²) in [6, 6.07) is 9.60. The highest BCUT2D eigenvalue weighted by molar-refractivity contribution is 7.15. The Kier molecular flexibility index (Phi) is 6.22. The fourth-order valence-corrected chi connectivity index (χ4v) is 3.64. The first-order valence-electron chi connectivity index (χ1n) is 7.44. The third kappa shape index (κ3) is 4.06. The van der Waals surface area contributed by atoms with Crippen LogP contribution in [-0.2, 0) is 0 Å². The van der Waals surface area contributed by atoms with Crippen LogP contribution in [0.3, 0.4) is 0 Å². The highest BCUT2D eigenvalue weighted by atomic mass is 35.5. The SMILES string of the molecule is CCCNC(CCC)c1ccc(-c2cccc(Cl)c2F)s1. The second-order valence-electron chi connectivity index (χ2n) is 5.10. The number of rotatable bonds is 7. The van der Waals surface area contributed by atoms with E-state index in [1.54, 1.807) is 29.5 Å². The Morgan fingerprint density at radius 2 is 2.00 bits per heavy atom. The van der Waals surface area contributed by atoms with Gasteiger partial charge < -0.3 is 5.32 Å². The molecule has 0 aliphatic heterocycles. The van der Waals surface area contributed by atoms with E-state index in [9.17, 15) is 4.39 Å². The maximum atomic E-state index is 14.1. The lowest BCUT2D eigenvalue weighted by molar-refractivity contribution is 0.501. The number of benzene rings is 1. The van der Waals surface area contributed by atoms with Crippen molar-refractivity contribution in [1.29, 1.82) is 0 Å². The van der Waals surface area contributed by atoms with Crippen molar-refractivity contribution in [1.82, 2.24) is 5.32 Å². The van der Waals surface area contributed by atoms with Gasteiger partial charge in [0.2, 0.25) is 0 Å². The molecule has 0 aliphatic carbocycles. The van der Waals surface area contributed by atoms with Gasteiger partial charge in [-0.15, -0.1) is 11.3 Å². The third-order valence-corrected chi connectivity index (χ3v) is 4.93. The molecule has 2 aromatic rings. The van der Waals surface area contributed by atoms with Crippen LogP contribution in [0.4, 0.5) is 4.39 Å². The van der Waals surface area contributed by atoms with Crippen LogP contribution in [-0.4, -0.2) is 6.54 Å². The molecule has 1 unspecified atom stereocenters. The Labute approximate surface area is 135 Å². The molecule has 0 aliphatic rings. The highest BCUT2D eigenvalue weighted by Gasteiger charge is 2.15. The van der Waals surface area contributed by atoms with Crippen LogP contribution in [0.5, 0.6) is 0 Å². The molecular formula is C17H21ClFNS. The average Bonchev–Trinajstić information content (AvgIpc) is 2.96. The van der Waals surface area contributed by atoms with Crippen LogP contribution >= 0.6 is 22.9 Å². The first kappa shape index (κ1) is 16.5. The summed E-state index contributed by atoms with van der Waals surface area (Å²) in [5.74, 6) is -0.332. The van der Waals surface area contributed by atoms with Crippen molar-refractivity contribution in [2.24, 2.45) is 0 Å². The van der Waals surface area contributed by atoms with E-state index in [1.807, 2.05) is 6.07 Å². The smallest absolute Gasteiger partial charge is 0.150 e. The number of nitrogens with one attached hydrogen (secondary N) is 1. The van der Waals surface area contributed by atoms with E-state index in [2.05, 4.69) is 25.2 Å². The molecule has 0 fully saturated rings. The number of hydrogen-bond donors (Lipinski definition) is 1. The van der Waals surface area contributed by atoms with E-state index >= 15 is 0 Å². The molecular weight excluding hydrogens is 305 g/mol. The summed E-state index contributed by atoms with van der Waals surface area (Å²) in [6.45, 7) is 5.35. The van der Waals surface area contributed by atoms with Gasteiger partial charge in [0.1, 0.15) is 5.82 Å². The van der Waals surface area contributed by atoms with Gasteiger partial charge in [0, 0.05) is 21.4 Å². The van der Waals surface area contributed by atoms with Crippen molar-refractivity contribution in [2.45, 2.75) is 39.2 Å². The molecule has 4 heteroatoms. The topological polar surface area (TPSA) is 12.0 Å². The minimum atomic E-state index is -0.332. The Bertz CT molecular complexity index is 582. The van der Waals surface area contributed by atoms with Gasteiger partial charge in [-0.1, -0.05) is 44.0 Å². The van der Waals surface area contributed by atoms with E-state index in [0.717, 1.165) is 30.7 Å². The lowest BCUT2D eigenvalue weighted by Crippen LogP contribution is -2.21. The molecule has 0 saturated heterocycles. The monoisotopic (exact) mass is 325 g/mol. The lowest BCUT2D eigenvalue weighted by Gasteiger charge is -2.16. The van der Waals surface area contributed by atoms with Crippen LogP contribution < -0.4 is 5.32 Å². The van der Waals surface area contributed by atoms with Gasteiger partial charge in [-0.25, -0.2) is 4.39 Å². The zero-order valence-corrected chi connectivity index (χ0v) is 14.0. The van der Waals surface area contributed by atoms with Gasteiger partial charge in [0.05, 0.1) is 5.02 Å². The minimum absolute atomic E-state index is 0.177. The molecule has 1 nitrogen and oxygen atoms in total. The molecule has 1 heterocycles. The molecule has 0 radical (unpaired) electrons. The first-order valence-corrected chi connectivity index (χ1v) is 8.64. The van der Waals surface area contributed by atoms with Crippen molar-refractivity contribution in [3.8, 4) is 10.4 Å². The average molecular weight is 326 g/mol. The molecule has 0 amide bonds. The summed E-state index contributed by atoms with van der Waals surface area (Å²) >= 11 is 7.51. The van der Waals surface area contributed by atoms with Crippen LogP contribution in [0.25, 0.3) is 10.4 Å². The molecule has 0 spiro atoms. The normalized spacial score (nSPS) is 12.6. The predicted molar refractivity (Wildman–Crippen MR) is 90.7 cm³/mol. The standard InChI is InChI=1S/C17H21ClFNS/c1-3-6-14(20-11-4-2)16-10-9-15(21-16)12-7-5-8-13(18)17(12)19/h5,7-10,14,20H,3-4,6,11H2,1-2H3. The first-order chi connectivity index (χ1) is 10.2. The van der Waals surface area contributed by atoms with Gasteiger partial charge in [-0.3, -0.25) is 0 Å². The summed E-state index contributed by atoms with van der Waals surface area (Å²) in [4.78, 5) is 2.20. The Morgan fingerprint density at radius 1 is 1.19 bits per heavy atom. The van der Waals surface area contributed by atoms with Crippen molar-refractivity contribution in [3.63, 3.8) is 0 Å². The molecule has 1 atom stereocenters. The fourth-order valence-electron chi connectivity index (χ4n) is 2.33. The highest BCUT2D eigenvalue weighted by Crippen LogP contribution is 2.35. The third-order valence-electron chi connectivity index (χ3n) is 3.41. The molecule has 0 bridgehead atoms. The molecule has 1 N–H and O–H groups in total. The molecule has 114 valence electrons. The maximum Gasteiger partial charge on any atom is 0.150 e. The van der Waals surface area contributed by atoms with E-state index in [1.165, 1.54) is 4.88 Å². The largest absolute Gasteiger partial charge is 0.309 e. The summed E-state index contributed by atoms with van der Waals surface area (Å²) in [5, 5.41) is 3.75. The maximum absolute atomic E-state index is 14.1. The van der Waals surface area contributed by atoms with Crippen LogP contribution in [0.1, 0.15) is 44.0 Å². The van der Waals surface area contributed by atoms with E-state index < -0.39 is 0 Å². The predicted octanol–water partition coefficient (Wildman–Crippen LogP) is 6.05. The molecule has 1 aromatic carbocycles. The zero-order valence-electron chi connectivity index (χ0n) is 12.5. The minimum Gasteiger partial charge on any atom is -0.309 e. The number of thiophene rings is 1. The second kappa shape index (κ2) is 7.92. The van der Waals surface area contributed by atoms with Gasteiger partial charge in [0.15, 0.2) is 0 Å². The van der Waals surface area contributed by atoms with E-state index in [0.29, 0.717) is 11.6 Å². The molecule has 0 saturated carbocycles. The summed E-state index contributed by atoms with van der Waals surface area (Å²) in [7, 11) is 0. The van der Waals surface area contributed by atoms with Crippen molar-refractivity contribution >= 4 is 22.9 Å². The Morgan fingerprint density at radius 3 is 2.71 bits per heavy atom. The van der Waals surface area contributed by atoms with Gasteiger partial charge >= 0.3 is 0 Å². The van der Waals surface area contributed by atoms with Crippen LogP contribution in [0.2, 0.25) is 5.02 Å². The van der Waals surface area contributed by atoms with Crippen molar-refractivity contribution in [2.75, 3.05) is 6.54 Å². The quantitative estimate of drug-likeness (QED) is 0.653. The fraction of sp³-hybridized carbons (Fsp3) is 0.412. The van der Waals surface area contributed by atoms with Gasteiger partial charge in [-0.2, -0.15) is 0 Å².